The molecule has 0 amide bonds. The van der Waals surface area contributed by atoms with Crippen LogP contribution in [-0.4, -0.2) is 13.1 Å². The maximum atomic E-state index is 12.9. The van der Waals surface area contributed by atoms with Gasteiger partial charge in [0.2, 0.25) is 0 Å². The molecule has 0 radical (unpaired) electrons. The minimum absolute atomic E-state index is 0.180. The summed E-state index contributed by atoms with van der Waals surface area (Å²) in [5.74, 6) is -0.180. The number of halogens is 1. The van der Waals surface area contributed by atoms with Crippen LogP contribution in [0.4, 0.5) is 4.39 Å². The lowest BCUT2D eigenvalue weighted by molar-refractivity contribution is 0.319. The van der Waals surface area contributed by atoms with Gasteiger partial charge in [-0.1, -0.05) is 26.0 Å². The molecule has 1 aromatic rings. The van der Waals surface area contributed by atoms with Crippen molar-refractivity contribution in [1.29, 1.82) is 0 Å². The fourth-order valence-corrected chi connectivity index (χ4v) is 1.67. The zero-order valence-electron chi connectivity index (χ0n) is 10.1. The minimum atomic E-state index is -0.180. The Balaban J connectivity index is 2.35. The van der Waals surface area contributed by atoms with Crippen LogP contribution in [0.3, 0.4) is 0 Å². The van der Waals surface area contributed by atoms with Crippen LogP contribution in [0.25, 0.3) is 0 Å². The molecule has 0 unspecified atom stereocenters. The van der Waals surface area contributed by atoms with Gasteiger partial charge in [-0.05, 0) is 36.1 Å². The molecule has 16 heavy (non-hydrogen) atoms. The van der Waals surface area contributed by atoms with Gasteiger partial charge in [0.05, 0.1) is 0 Å². The summed E-state index contributed by atoms with van der Waals surface area (Å²) in [5, 5.41) is 3.33. The quantitative estimate of drug-likeness (QED) is 0.778. The number of rotatable bonds is 6. The van der Waals surface area contributed by atoms with Crippen LogP contribution in [0.15, 0.2) is 24.3 Å². The van der Waals surface area contributed by atoms with E-state index in [4.69, 9.17) is 5.73 Å². The van der Waals surface area contributed by atoms with E-state index >= 15 is 0 Å². The van der Waals surface area contributed by atoms with Crippen molar-refractivity contribution in [3.05, 3.63) is 35.6 Å². The highest BCUT2D eigenvalue weighted by atomic mass is 19.1. The predicted molar refractivity (Wildman–Crippen MR) is 65.6 cm³/mol. The van der Waals surface area contributed by atoms with E-state index in [-0.39, 0.29) is 11.2 Å². The maximum absolute atomic E-state index is 12.9. The van der Waals surface area contributed by atoms with Crippen molar-refractivity contribution >= 4 is 0 Å². The first-order valence-corrected chi connectivity index (χ1v) is 5.69. The maximum Gasteiger partial charge on any atom is 0.123 e. The van der Waals surface area contributed by atoms with Gasteiger partial charge in [0.25, 0.3) is 0 Å². The van der Waals surface area contributed by atoms with Gasteiger partial charge in [-0.3, -0.25) is 0 Å². The van der Waals surface area contributed by atoms with Gasteiger partial charge < -0.3 is 11.1 Å². The molecule has 3 N–H and O–H groups in total. The Morgan fingerprint density at radius 3 is 2.75 bits per heavy atom. The number of hydrogen-bond acceptors (Lipinski definition) is 2. The van der Waals surface area contributed by atoms with Crippen LogP contribution in [0, 0.1) is 11.2 Å². The van der Waals surface area contributed by atoms with E-state index in [0.29, 0.717) is 13.1 Å². The second kappa shape index (κ2) is 5.97. The second-order valence-electron chi connectivity index (χ2n) is 4.94. The van der Waals surface area contributed by atoms with Crippen LogP contribution in [0.2, 0.25) is 0 Å². The fraction of sp³-hybridized carbons (Fsp3) is 0.538. The summed E-state index contributed by atoms with van der Waals surface area (Å²) < 4.78 is 12.9. The third-order valence-corrected chi connectivity index (χ3v) is 2.64. The van der Waals surface area contributed by atoms with Gasteiger partial charge in [-0.2, -0.15) is 0 Å². The molecule has 3 heteroatoms. The van der Waals surface area contributed by atoms with E-state index in [1.165, 1.54) is 6.07 Å². The molecule has 0 aliphatic heterocycles. The van der Waals surface area contributed by atoms with Gasteiger partial charge in [-0.15, -0.1) is 0 Å². The highest BCUT2D eigenvalue weighted by Gasteiger charge is 2.15. The average Bonchev–Trinajstić information content (AvgIpc) is 2.17. The molecule has 1 rings (SSSR count). The molecule has 2 nitrogen and oxygen atoms in total. The van der Waals surface area contributed by atoms with Gasteiger partial charge in [0, 0.05) is 13.1 Å². The Morgan fingerprint density at radius 1 is 1.38 bits per heavy atom. The van der Waals surface area contributed by atoms with Crippen molar-refractivity contribution in [2.24, 2.45) is 11.1 Å². The predicted octanol–water partition coefficient (Wildman–Crippen LogP) is 2.29. The first-order valence-electron chi connectivity index (χ1n) is 5.69. The first-order chi connectivity index (χ1) is 7.53. The molecule has 0 saturated carbocycles. The summed E-state index contributed by atoms with van der Waals surface area (Å²) in [5.41, 5.74) is 6.71. The smallest absolute Gasteiger partial charge is 0.123 e. The minimum Gasteiger partial charge on any atom is -0.330 e. The molecule has 90 valence electrons. The van der Waals surface area contributed by atoms with Crippen molar-refractivity contribution in [3.8, 4) is 0 Å². The summed E-state index contributed by atoms with van der Waals surface area (Å²) in [4.78, 5) is 0. The Hall–Kier alpha value is -0.930. The molecule has 0 aliphatic rings. The molecular weight excluding hydrogens is 203 g/mol. The Bertz CT molecular complexity index is 323. The Labute approximate surface area is 97.0 Å². The van der Waals surface area contributed by atoms with E-state index in [1.54, 1.807) is 12.1 Å². The van der Waals surface area contributed by atoms with Crippen molar-refractivity contribution in [3.63, 3.8) is 0 Å². The molecule has 1 aromatic carbocycles. The van der Waals surface area contributed by atoms with Crippen molar-refractivity contribution in [2.45, 2.75) is 26.8 Å². The zero-order valence-corrected chi connectivity index (χ0v) is 10.1. The second-order valence-corrected chi connectivity index (χ2v) is 4.94. The lowest BCUT2D eigenvalue weighted by Gasteiger charge is -2.24. The molecule has 0 spiro atoms. The van der Waals surface area contributed by atoms with Gasteiger partial charge in [0.1, 0.15) is 5.82 Å². The van der Waals surface area contributed by atoms with Crippen molar-refractivity contribution < 1.29 is 4.39 Å². The van der Waals surface area contributed by atoms with Crippen LogP contribution >= 0.6 is 0 Å². The molecule has 0 aliphatic carbocycles. The van der Waals surface area contributed by atoms with Crippen LogP contribution < -0.4 is 11.1 Å². The number of hydrogen-bond donors (Lipinski definition) is 2. The van der Waals surface area contributed by atoms with E-state index in [0.717, 1.165) is 18.5 Å². The van der Waals surface area contributed by atoms with Crippen LogP contribution in [-0.2, 0) is 6.54 Å². The van der Waals surface area contributed by atoms with E-state index in [2.05, 4.69) is 19.2 Å². The largest absolute Gasteiger partial charge is 0.330 e. The standard InChI is InChI=1S/C13H21FN2/c1-13(2,6-7-15)10-16-9-11-4-3-5-12(14)8-11/h3-5,8,16H,6-7,9-10,15H2,1-2H3. The normalized spacial score (nSPS) is 11.8. The summed E-state index contributed by atoms with van der Waals surface area (Å²) in [6, 6.07) is 6.67. The van der Waals surface area contributed by atoms with Gasteiger partial charge in [-0.25, -0.2) is 4.39 Å². The highest BCUT2D eigenvalue weighted by molar-refractivity contribution is 5.15. The van der Waals surface area contributed by atoms with Crippen molar-refractivity contribution in [1.82, 2.24) is 5.32 Å². The third kappa shape index (κ3) is 4.73. The molecular formula is C13H21FN2. The van der Waals surface area contributed by atoms with E-state index in [9.17, 15) is 4.39 Å². The first kappa shape index (κ1) is 13.1. The van der Waals surface area contributed by atoms with Gasteiger partial charge >= 0.3 is 0 Å². The van der Waals surface area contributed by atoms with Crippen LogP contribution in [0.5, 0.6) is 0 Å². The molecule has 0 bridgehead atoms. The molecule has 0 saturated heterocycles. The fourth-order valence-electron chi connectivity index (χ4n) is 1.67. The lowest BCUT2D eigenvalue weighted by Crippen LogP contribution is -2.31. The van der Waals surface area contributed by atoms with Gasteiger partial charge in [0.15, 0.2) is 0 Å². The lowest BCUT2D eigenvalue weighted by atomic mass is 9.89. The topological polar surface area (TPSA) is 38.0 Å². The number of nitrogens with two attached hydrogens (primary N) is 1. The highest BCUT2D eigenvalue weighted by Crippen LogP contribution is 2.17. The third-order valence-electron chi connectivity index (χ3n) is 2.64. The Kier molecular flexibility index (Phi) is 4.90. The van der Waals surface area contributed by atoms with E-state index < -0.39 is 0 Å². The summed E-state index contributed by atoms with van der Waals surface area (Å²) in [7, 11) is 0. The van der Waals surface area contributed by atoms with Crippen LogP contribution in [0.1, 0.15) is 25.8 Å². The van der Waals surface area contributed by atoms with E-state index in [1.807, 2.05) is 6.07 Å². The summed E-state index contributed by atoms with van der Waals surface area (Å²) >= 11 is 0. The number of nitrogens with one attached hydrogen (secondary N) is 1. The SMILES string of the molecule is CC(C)(CCN)CNCc1cccc(F)c1. The zero-order chi connectivity index (χ0) is 12.0. The number of benzene rings is 1. The monoisotopic (exact) mass is 224 g/mol. The molecule has 0 heterocycles. The average molecular weight is 224 g/mol. The summed E-state index contributed by atoms with van der Waals surface area (Å²) in [6.45, 7) is 6.65. The molecule has 0 atom stereocenters. The molecule has 0 aromatic heterocycles. The van der Waals surface area contributed by atoms with Crippen molar-refractivity contribution in [2.75, 3.05) is 13.1 Å². The summed E-state index contributed by atoms with van der Waals surface area (Å²) in [6.07, 6.45) is 0.989. The molecule has 0 fully saturated rings. The Morgan fingerprint density at radius 2 is 2.12 bits per heavy atom.